The highest BCUT2D eigenvalue weighted by Crippen LogP contribution is 2.24. The van der Waals surface area contributed by atoms with Crippen LogP contribution in [0, 0.1) is 6.92 Å². The van der Waals surface area contributed by atoms with Crippen LogP contribution in [0.2, 0.25) is 0 Å². The Labute approximate surface area is 144 Å². The Kier molecular flexibility index (Phi) is 5.73. The van der Waals surface area contributed by atoms with E-state index in [1.807, 2.05) is 0 Å². The molecule has 2 aromatic carbocycles. The van der Waals surface area contributed by atoms with Crippen molar-refractivity contribution in [3.05, 3.63) is 53.6 Å². The Morgan fingerprint density at radius 1 is 1.00 bits per heavy atom. The minimum Gasteiger partial charge on any atom is -0.506 e. The van der Waals surface area contributed by atoms with Crippen LogP contribution in [0.5, 0.6) is 5.75 Å². The third-order valence-electron chi connectivity index (χ3n) is 3.28. The second-order valence-corrected chi connectivity index (χ2v) is 5.19. The first-order valence-electron chi connectivity index (χ1n) is 7.60. The molecular formula is C18H18N2O5. The molecular weight excluding hydrogens is 324 g/mol. The standard InChI is InChI=1S/C18H18N2O5/c1-3-25-18(24)12-6-4-5-7-13(12)19-16(22)17(23)20-14-10-11(2)8-9-15(14)21/h4-10,21H,3H2,1-2H3,(H,19,22)(H,20,23). The summed E-state index contributed by atoms with van der Waals surface area (Å²) >= 11 is 0. The minimum atomic E-state index is -0.974. The number of phenolic OH excluding ortho intramolecular Hbond substituents is 1. The maximum atomic E-state index is 12.1. The predicted octanol–water partition coefficient (Wildman–Crippen LogP) is 2.45. The van der Waals surface area contributed by atoms with Crippen LogP contribution in [0.15, 0.2) is 42.5 Å². The Hall–Kier alpha value is -3.35. The molecule has 2 amide bonds. The highest BCUT2D eigenvalue weighted by Gasteiger charge is 2.19. The van der Waals surface area contributed by atoms with Gasteiger partial charge >= 0.3 is 17.8 Å². The van der Waals surface area contributed by atoms with Gasteiger partial charge < -0.3 is 20.5 Å². The van der Waals surface area contributed by atoms with E-state index in [1.54, 1.807) is 32.0 Å². The molecule has 0 unspecified atom stereocenters. The lowest BCUT2D eigenvalue weighted by Crippen LogP contribution is -2.29. The van der Waals surface area contributed by atoms with Crippen molar-refractivity contribution in [3.8, 4) is 5.75 Å². The molecule has 25 heavy (non-hydrogen) atoms. The van der Waals surface area contributed by atoms with Crippen LogP contribution in [0.25, 0.3) is 0 Å². The van der Waals surface area contributed by atoms with Crippen LogP contribution < -0.4 is 10.6 Å². The van der Waals surface area contributed by atoms with Gasteiger partial charge in [0.25, 0.3) is 0 Å². The number of carbonyl (C=O) groups excluding carboxylic acids is 3. The first-order chi connectivity index (χ1) is 11.9. The van der Waals surface area contributed by atoms with Crippen molar-refractivity contribution in [2.75, 3.05) is 17.2 Å². The number of anilines is 2. The number of rotatable bonds is 4. The molecule has 0 saturated heterocycles. The van der Waals surface area contributed by atoms with Gasteiger partial charge in [-0.05, 0) is 43.7 Å². The summed E-state index contributed by atoms with van der Waals surface area (Å²) in [6.45, 7) is 3.64. The third-order valence-corrected chi connectivity index (χ3v) is 3.28. The highest BCUT2D eigenvalue weighted by molar-refractivity contribution is 6.44. The zero-order valence-corrected chi connectivity index (χ0v) is 13.8. The fourth-order valence-electron chi connectivity index (χ4n) is 2.09. The van der Waals surface area contributed by atoms with Crippen molar-refractivity contribution in [3.63, 3.8) is 0 Å². The van der Waals surface area contributed by atoms with Crippen molar-refractivity contribution >= 4 is 29.2 Å². The summed E-state index contributed by atoms with van der Waals surface area (Å²) in [6.07, 6.45) is 0. The summed E-state index contributed by atoms with van der Waals surface area (Å²) in [4.78, 5) is 36.0. The summed E-state index contributed by atoms with van der Waals surface area (Å²) in [5.41, 5.74) is 1.23. The SMILES string of the molecule is CCOC(=O)c1ccccc1NC(=O)C(=O)Nc1cc(C)ccc1O. The Balaban J connectivity index is 2.13. The molecule has 0 bridgehead atoms. The number of nitrogens with one attached hydrogen (secondary N) is 2. The monoisotopic (exact) mass is 342 g/mol. The number of carbonyl (C=O) groups is 3. The molecule has 0 spiro atoms. The first-order valence-corrected chi connectivity index (χ1v) is 7.60. The Morgan fingerprint density at radius 3 is 2.32 bits per heavy atom. The van der Waals surface area contributed by atoms with Crippen LogP contribution in [-0.4, -0.2) is 29.5 Å². The largest absolute Gasteiger partial charge is 0.506 e. The van der Waals surface area contributed by atoms with Gasteiger partial charge in [-0.1, -0.05) is 18.2 Å². The lowest BCUT2D eigenvalue weighted by molar-refractivity contribution is -0.133. The van der Waals surface area contributed by atoms with Gasteiger partial charge in [-0.2, -0.15) is 0 Å². The average molecular weight is 342 g/mol. The molecule has 0 saturated carbocycles. The highest BCUT2D eigenvalue weighted by atomic mass is 16.5. The molecule has 0 heterocycles. The predicted molar refractivity (Wildman–Crippen MR) is 92.5 cm³/mol. The van der Waals surface area contributed by atoms with E-state index in [-0.39, 0.29) is 29.3 Å². The van der Waals surface area contributed by atoms with Gasteiger partial charge in [0.2, 0.25) is 0 Å². The van der Waals surface area contributed by atoms with Crippen LogP contribution in [-0.2, 0) is 14.3 Å². The molecule has 0 aliphatic heterocycles. The van der Waals surface area contributed by atoms with Gasteiger partial charge in [0, 0.05) is 0 Å². The van der Waals surface area contributed by atoms with E-state index in [1.165, 1.54) is 24.3 Å². The maximum absolute atomic E-state index is 12.1. The van der Waals surface area contributed by atoms with E-state index < -0.39 is 17.8 Å². The second-order valence-electron chi connectivity index (χ2n) is 5.19. The van der Waals surface area contributed by atoms with E-state index in [4.69, 9.17) is 4.74 Å². The molecule has 2 rings (SSSR count). The second kappa shape index (κ2) is 7.96. The zero-order valence-electron chi connectivity index (χ0n) is 13.8. The van der Waals surface area contributed by atoms with Crippen LogP contribution in [0.4, 0.5) is 11.4 Å². The number of hydrogen-bond acceptors (Lipinski definition) is 5. The van der Waals surface area contributed by atoms with Crippen LogP contribution in [0.3, 0.4) is 0 Å². The lowest BCUT2D eigenvalue weighted by atomic mass is 10.1. The number of ether oxygens (including phenoxy) is 1. The van der Waals surface area contributed by atoms with Gasteiger partial charge in [-0.3, -0.25) is 9.59 Å². The molecule has 0 aliphatic rings. The smallest absolute Gasteiger partial charge is 0.340 e. The fraction of sp³-hybridized carbons (Fsp3) is 0.167. The Bertz CT molecular complexity index is 817. The molecule has 0 aromatic heterocycles. The van der Waals surface area contributed by atoms with E-state index in [0.29, 0.717) is 0 Å². The van der Waals surface area contributed by atoms with Crippen molar-refractivity contribution in [1.29, 1.82) is 0 Å². The summed E-state index contributed by atoms with van der Waals surface area (Å²) in [7, 11) is 0. The third kappa shape index (κ3) is 4.57. The average Bonchev–Trinajstić information content (AvgIpc) is 2.58. The van der Waals surface area contributed by atoms with Gasteiger partial charge in [0.05, 0.1) is 23.5 Å². The zero-order chi connectivity index (χ0) is 18.4. The molecule has 3 N–H and O–H groups in total. The quantitative estimate of drug-likeness (QED) is 0.450. The van der Waals surface area contributed by atoms with E-state index in [0.717, 1.165) is 5.56 Å². The Morgan fingerprint density at radius 2 is 1.64 bits per heavy atom. The molecule has 0 fully saturated rings. The number of aryl methyl sites for hydroxylation is 1. The van der Waals surface area contributed by atoms with Crippen molar-refractivity contribution in [2.24, 2.45) is 0 Å². The summed E-state index contributed by atoms with van der Waals surface area (Å²) < 4.78 is 4.91. The normalized spacial score (nSPS) is 10.0. The molecule has 0 atom stereocenters. The topological polar surface area (TPSA) is 105 Å². The molecule has 0 aliphatic carbocycles. The molecule has 0 radical (unpaired) electrons. The number of amides is 2. The number of hydrogen-bond donors (Lipinski definition) is 3. The van der Waals surface area contributed by atoms with Gasteiger partial charge in [-0.25, -0.2) is 4.79 Å². The number of para-hydroxylation sites is 1. The van der Waals surface area contributed by atoms with Crippen LogP contribution >= 0.6 is 0 Å². The molecule has 130 valence electrons. The van der Waals surface area contributed by atoms with Crippen molar-refractivity contribution in [1.82, 2.24) is 0 Å². The number of phenols is 1. The summed E-state index contributed by atoms with van der Waals surface area (Å²) in [6, 6.07) is 10.8. The fourth-order valence-corrected chi connectivity index (χ4v) is 2.09. The maximum Gasteiger partial charge on any atom is 0.340 e. The molecule has 7 nitrogen and oxygen atoms in total. The number of benzene rings is 2. The molecule has 2 aromatic rings. The van der Waals surface area contributed by atoms with E-state index >= 15 is 0 Å². The van der Waals surface area contributed by atoms with E-state index in [2.05, 4.69) is 10.6 Å². The molecule has 7 heteroatoms. The van der Waals surface area contributed by atoms with Gasteiger partial charge in [0.1, 0.15) is 5.75 Å². The summed E-state index contributed by atoms with van der Waals surface area (Å²) in [5, 5.41) is 14.4. The number of aromatic hydroxyl groups is 1. The lowest BCUT2D eigenvalue weighted by Gasteiger charge is -2.11. The van der Waals surface area contributed by atoms with Gasteiger partial charge in [-0.15, -0.1) is 0 Å². The number of esters is 1. The minimum absolute atomic E-state index is 0.124. The van der Waals surface area contributed by atoms with Crippen molar-refractivity contribution in [2.45, 2.75) is 13.8 Å². The van der Waals surface area contributed by atoms with Gasteiger partial charge in [0.15, 0.2) is 0 Å². The van der Waals surface area contributed by atoms with Crippen molar-refractivity contribution < 1.29 is 24.2 Å². The van der Waals surface area contributed by atoms with Crippen LogP contribution in [0.1, 0.15) is 22.8 Å². The summed E-state index contributed by atoms with van der Waals surface area (Å²) in [5.74, 6) is -2.70. The first kappa shape index (κ1) is 18.0. The van der Waals surface area contributed by atoms with E-state index in [9.17, 15) is 19.5 Å².